The van der Waals surface area contributed by atoms with Gasteiger partial charge in [-0.15, -0.1) is 11.6 Å². The molecule has 17 heteroatoms. The number of nitrogens with one attached hydrogen (secondary N) is 3. The lowest BCUT2D eigenvalue weighted by atomic mass is 9.95. The van der Waals surface area contributed by atoms with Gasteiger partial charge in [0.15, 0.2) is 17.1 Å². The fourth-order valence-electron chi connectivity index (χ4n) is 6.67. The molecular weight excluding hydrogens is 713 g/mol. The van der Waals surface area contributed by atoms with Crippen LogP contribution in [0.5, 0.6) is 23.0 Å². The average molecular weight is 741 g/mol. The zero-order valence-corrected chi connectivity index (χ0v) is 28.5. The SMILES string of the molecule is COC(=O)c1c(C(F)(F)F)[nH]c2c(O)cc3c(c12)[C@H](CCl)CN3C(=O)c1cc2cc(NC(=O)c3cc4cc(OC)c(OC)c(OC)c4o3)ccc2[nH]1. The Bertz CT molecular complexity index is 2450. The minimum absolute atomic E-state index is 0.0207. The van der Waals surface area contributed by atoms with Crippen molar-refractivity contribution in [3.05, 3.63) is 70.7 Å². The van der Waals surface area contributed by atoms with Crippen molar-refractivity contribution in [2.75, 3.05) is 51.1 Å². The fourth-order valence-corrected chi connectivity index (χ4v) is 6.92. The second-order valence-electron chi connectivity index (χ2n) is 11.8. The first-order valence-corrected chi connectivity index (χ1v) is 16.0. The van der Waals surface area contributed by atoms with Crippen molar-refractivity contribution >= 4 is 73.5 Å². The Morgan fingerprint density at radius 3 is 2.40 bits per heavy atom. The Labute approximate surface area is 296 Å². The number of esters is 1. The van der Waals surface area contributed by atoms with Crippen LogP contribution < -0.4 is 24.4 Å². The second kappa shape index (κ2) is 12.6. The summed E-state index contributed by atoms with van der Waals surface area (Å²) in [5.74, 6) is -2.93. The number of hydrogen-bond donors (Lipinski definition) is 4. The lowest BCUT2D eigenvalue weighted by Crippen LogP contribution is -2.30. The third kappa shape index (κ3) is 5.37. The Balaban J connectivity index is 1.21. The van der Waals surface area contributed by atoms with Gasteiger partial charge in [0, 0.05) is 51.8 Å². The van der Waals surface area contributed by atoms with Gasteiger partial charge in [0.25, 0.3) is 11.8 Å². The molecule has 1 atom stereocenters. The van der Waals surface area contributed by atoms with Gasteiger partial charge in [0.05, 0.1) is 45.2 Å². The number of furan rings is 1. The first kappa shape index (κ1) is 34.4. The van der Waals surface area contributed by atoms with Crippen LogP contribution in [0, 0.1) is 0 Å². The summed E-state index contributed by atoms with van der Waals surface area (Å²) in [6.07, 6.45) is -4.99. The highest BCUT2D eigenvalue weighted by Gasteiger charge is 2.43. The van der Waals surface area contributed by atoms with Crippen molar-refractivity contribution in [3.8, 4) is 23.0 Å². The molecule has 4 heterocycles. The molecule has 0 saturated heterocycles. The number of carbonyl (C=O) groups excluding carboxylic acids is 3. The predicted molar refractivity (Wildman–Crippen MR) is 184 cm³/mol. The number of benzene rings is 3. The monoisotopic (exact) mass is 740 g/mol. The molecule has 1 aliphatic rings. The second-order valence-corrected chi connectivity index (χ2v) is 12.1. The standard InChI is InChI=1S/C35H28ClF3N4O9/c1-48-22-9-15-10-23(52-28(15)30(50-3)29(22)49-2)32(45)40-17-5-6-18-14(7-17)8-19(41-18)33(46)43-13-16(12-36)24-20(43)11-21(44)27-25(24)26(34(47)51-4)31(42-27)35(37,38)39/h5-11,16,41-42,44H,12-13H2,1-4H3,(H,40,45)/t16-/m1/s1. The molecule has 1 aliphatic heterocycles. The van der Waals surface area contributed by atoms with Crippen LogP contribution in [0.2, 0.25) is 0 Å². The van der Waals surface area contributed by atoms with Gasteiger partial charge in [0.2, 0.25) is 11.5 Å². The van der Waals surface area contributed by atoms with E-state index in [0.717, 1.165) is 13.2 Å². The number of hydrogen-bond acceptors (Lipinski definition) is 9. The molecule has 0 unspecified atom stereocenters. The zero-order valence-electron chi connectivity index (χ0n) is 27.7. The number of anilines is 2. The van der Waals surface area contributed by atoms with Crippen LogP contribution >= 0.6 is 11.6 Å². The topological polar surface area (TPSA) is 168 Å². The number of methoxy groups -OCH3 is 4. The molecule has 3 aromatic carbocycles. The van der Waals surface area contributed by atoms with Crippen LogP contribution in [-0.2, 0) is 10.9 Å². The highest BCUT2D eigenvalue weighted by molar-refractivity contribution is 6.20. The number of phenols is 1. The minimum atomic E-state index is -4.99. The van der Waals surface area contributed by atoms with E-state index in [1.807, 2.05) is 0 Å². The quantitative estimate of drug-likeness (QED) is 0.0934. The Hall–Kier alpha value is -6.03. The van der Waals surface area contributed by atoms with Crippen molar-refractivity contribution in [3.63, 3.8) is 0 Å². The number of aromatic nitrogens is 2. The largest absolute Gasteiger partial charge is 0.506 e. The number of phenolic OH excluding ortho intramolecular Hbond substituents is 1. The third-order valence-electron chi connectivity index (χ3n) is 8.93. The van der Waals surface area contributed by atoms with Gasteiger partial charge in [-0.2, -0.15) is 13.2 Å². The van der Waals surface area contributed by atoms with E-state index in [9.17, 15) is 32.7 Å². The molecular formula is C35H28ClF3N4O9. The van der Waals surface area contributed by atoms with Crippen molar-refractivity contribution in [2.24, 2.45) is 0 Å². The molecule has 0 saturated carbocycles. The number of carbonyl (C=O) groups is 3. The van der Waals surface area contributed by atoms with Gasteiger partial charge in [-0.25, -0.2) is 4.79 Å². The number of rotatable bonds is 8. The van der Waals surface area contributed by atoms with Gasteiger partial charge >= 0.3 is 12.1 Å². The zero-order chi connectivity index (χ0) is 37.2. The molecule has 0 radical (unpaired) electrons. The lowest BCUT2D eigenvalue weighted by molar-refractivity contribution is -0.141. The number of fused-ring (bicyclic) bond motifs is 5. The molecule has 52 heavy (non-hydrogen) atoms. The molecule has 6 aromatic rings. The molecule has 0 fully saturated rings. The van der Waals surface area contributed by atoms with Crippen molar-refractivity contribution in [1.29, 1.82) is 0 Å². The first-order chi connectivity index (χ1) is 24.8. The van der Waals surface area contributed by atoms with E-state index >= 15 is 0 Å². The van der Waals surface area contributed by atoms with E-state index in [1.54, 1.807) is 30.3 Å². The number of nitrogens with zero attached hydrogens (tertiary/aromatic N) is 1. The van der Waals surface area contributed by atoms with Gasteiger partial charge in [0.1, 0.15) is 17.1 Å². The van der Waals surface area contributed by atoms with E-state index in [1.165, 1.54) is 32.3 Å². The summed E-state index contributed by atoms with van der Waals surface area (Å²) in [7, 11) is 5.29. The van der Waals surface area contributed by atoms with Crippen molar-refractivity contribution in [1.82, 2.24) is 9.97 Å². The van der Waals surface area contributed by atoms with E-state index in [0.29, 0.717) is 33.5 Å². The minimum Gasteiger partial charge on any atom is -0.506 e. The summed E-state index contributed by atoms with van der Waals surface area (Å²) in [5.41, 5.74) is -0.980. The van der Waals surface area contributed by atoms with Crippen molar-refractivity contribution in [2.45, 2.75) is 12.1 Å². The van der Waals surface area contributed by atoms with Gasteiger partial charge in [-0.05, 0) is 42.0 Å². The van der Waals surface area contributed by atoms with Crippen LogP contribution in [-0.4, -0.2) is 73.7 Å². The summed E-state index contributed by atoms with van der Waals surface area (Å²) in [5, 5.41) is 14.5. The van der Waals surface area contributed by atoms with E-state index in [-0.39, 0.29) is 57.4 Å². The van der Waals surface area contributed by atoms with Crippen LogP contribution in [0.25, 0.3) is 32.8 Å². The summed E-state index contributed by atoms with van der Waals surface area (Å²) in [6.45, 7) is -0.0555. The number of ether oxygens (including phenoxy) is 4. The number of amides is 2. The number of H-pyrrole nitrogens is 2. The highest BCUT2D eigenvalue weighted by Crippen LogP contribution is 2.49. The van der Waals surface area contributed by atoms with Gasteiger partial charge < -0.3 is 48.7 Å². The lowest BCUT2D eigenvalue weighted by Gasteiger charge is -2.17. The Morgan fingerprint density at radius 2 is 1.75 bits per heavy atom. The number of halogens is 4. The fraction of sp³-hybridized carbons (Fsp3) is 0.229. The first-order valence-electron chi connectivity index (χ1n) is 15.4. The van der Waals surface area contributed by atoms with E-state index in [4.69, 9.17) is 30.2 Å². The van der Waals surface area contributed by atoms with Crippen LogP contribution in [0.15, 0.2) is 46.9 Å². The highest BCUT2D eigenvalue weighted by atomic mass is 35.5. The van der Waals surface area contributed by atoms with Gasteiger partial charge in [-0.3, -0.25) is 9.59 Å². The molecule has 13 nitrogen and oxygen atoms in total. The number of aromatic amines is 2. The summed E-state index contributed by atoms with van der Waals surface area (Å²) >= 11 is 6.27. The molecule has 4 N–H and O–H groups in total. The smallest absolute Gasteiger partial charge is 0.432 e. The molecule has 0 aliphatic carbocycles. The Kier molecular flexibility index (Phi) is 8.36. The van der Waals surface area contributed by atoms with Crippen LogP contribution in [0.4, 0.5) is 24.5 Å². The molecule has 0 bridgehead atoms. The predicted octanol–water partition coefficient (Wildman–Crippen LogP) is 7.17. The number of alkyl halides is 4. The normalized spacial score (nSPS) is 14.2. The molecule has 2 amide bonds. The molecule has 0 spiro atoms. The number of aromatic hydroxyl groups is 1. The summed E-state index contributed by atoms with van der Waals surface area (Å²) in [6, 6.07) is 10.8. The van der Waals surface area contributed by atoms with E-state index in [2.05, 4.69) is 20.0 Å². The van der Waals surface area contributed by atoms with E-state index < -0.39 is 46.9 Å². The Morgan fingerprint density at radius 1 is 1.00 bits per heavy atom. The maximum absolute atomic E-state index is 14.0. The summed E-state index contributed by atoms with van der Waals surface area (Å²) in [4.78, 5) is 46.4. The van der Waals surface area contributed by atoms with Crippen molar-refractivity contribution < 1.29 is 56.0 Å². The summed E-state index contributed by atoms with van der Waals surface area (Å²) < 4.78 is 68.8. The molecule has 270 valence electrons. The third-order valence-corrected chi connectivity index (χ3v) is 9.30. The average Bonchev–Trinajstić information content (AvgIpc) is 3.91. The molecule has 3 aromatic heterocycles. The van der Waals surface area contributed by atoms with Crippen LogP contribution in [0.1, 0.15) is 48.6 Å². The maximum Gasteiger partial charge on any atom is 0.432 e. The van der Waals surface area contributed by atoms with Crippen LogP contribution in [0.3, 0.4) is 0 Å². The maximum atomic E-state index is 14.0. The molecule has 7 rings (SSSR count). The van der Waals surface area contributed by atoms with Gasteiger partial charge in [-0.1, -0.05) is 0 Å².